The molecule has 0 N–H and O–H groups in total. The maximum absolute atomic E-state index is 5.75. The number of anilines is 1. The van der Waals surface area contributed by atoms with E-state index in [-0.39, 0.29) is 5.28 Å². The molecule has 0 spiro atoms. The Hall–Kier alpha value is -1.07. The summed E-state index contributed by atoms with van der Waals surface area (Å²) in [6, 6.07) is 3.76. The highest BCUT2D eigenvalue weighted by Gasteiger charge is 2.10. The van der Waals surface area contributed by atoms with Crippen LogP contribution in [-0.2, 0) is 6.54 Å². The van der Waals surface area contributed by atoms with E-state index in [4.69, 9.17) is 16.0 Å². The predicted octanol–water partition coefficient (Wildman–Crippen LogP) is 3.12. The lowest BCUT2D eigenvalue weighted by Gasteiger charge is -2.17. The summed E-state index contributed by atoms with van der Waals surface area (Å²) < 4.78 is 6.06. The SMILES string of the molecule is CN(Cc1ccco1)c1nc(Cl)ncc1Br. The Kier molecular flexibility index (Phi) is 3.46. The van der Waals surface area contributed by atoms with E-state index in [0.717, 1.165) is 16.1 Å². The van der Waals surface area contributed by atoms with Gasteiger partial charge < -0.3 is 9.32 Å². The maximum atomic E-state index is 5.75. The Morgan fingerprint density at radius 1 is 1.56 bits per heavy atom. The molecular formula is C10H9BrClN3O. The molecule has 0 bridgehead atoms. The van der Waals surface area contributed by atoms with Crippen LogP contribution in [0.3, 0.4) is 0 Å². The summed E-state index contributed by atoms with van der Waals surface area (Å²) in [5.74, 6) is 1.60. The molecule has 2 rings (SSSR count). The lowest BCUT2D eigenvalue weighted by Crippen LogP contribution is -2.18. The van der Waals surface area contributed by atoms with Crippen LogP contribution in [0, 0.1) is 0 Å². The summed E-state index contributed by atoms with van der Waals surface area (Å²) >= 11 is 9.13. The lowest BCUT2D eigenvalue weighted by molar-refractivity contribution is 0.506. The van der Waals surface area contributed by atoms with Crippen molar-refractivity contribution in [3.63, 3.8) is 0 Å². The zero-order valence-corrected chi connectivity index (χ0v) is 10.9. The molecule has 0 saturated carbocycles. The first-order chi connectivity index (χ1) is 7.66. The van der Waals surface area contributed by atoms with Crippen LogP contribution in [-0.4, -0.2) is 17.0 Å². The molecule has 0 aliphatic rings. The second-order valence-electron chi connectivity index (χ2n) is 3.25. The molecule has 16 heavy (non-hydrogen) atoms. The van der Waals surface area contributed by atoms with Crippen LogP contribution in [0.5, 0.6) is 0 Å². The molecule has 2 heterocycles. The molecule has 0 radical (unpaired) electrons. The van der Waals surface area contributed by atoms with Crippen molar-refractivity contribution in [2.75, 3.05) is 11.9 Å². The molecule has 84 valence electrons. The largest absolute Gasteiger partial charge is 0.467 e. The highest BCUT2D eigenvalue weighted by molar-refractivity contribution is 9.10. The second kappa shape index (κ2) is 4.84. The van der Waals surface area contributed by atoms with Gasteiger partial charge in [-0.3, -0.25) is 0 Å². The number of rotatable bonds is 3. The average molecular weight is 303 g/mol. The van der Waals surface area contributed by atoms with Gasteiger partial charge in [-0.25, -0.2) is 4.98 Å². The maximum Gasteiger partial charge on any atom is 0.224 e. The van der Waals surface area contributed by atoms with Crippen LogP contribution in [0.4, 0.5) is 5.82 Å². The molecule has 0 fully saturated rings. The second-order valence-corrected chi connectivity index (χ2v) is 4.44. The highest BCUT2D eigenvalue weighted by Crippen LogP contribution is 2.24. The van der Waals surface area contributed by atoms with Crippen molar-refractivity contribution in [3.8, 4) is 0 Å². The summed E-state index contributed by atoms with van der Waals surface area (Å²) in [4.78, 5) is 9.95. The molecule has 6 heteroatoms. The number of hydrogen-bond acceptors (Lipinski definition) is 4. The van der Waals surface area contributed by atoms with E-state index < -0.39 is 0 Å². The number of nitrogens with zero attached hydrogens (tertiary/aromatic N) is 3. The molecule has 0 saturated heterocycles. The average Bonchev–Trinajstić information content (AvgIpc) is 2.74. The van der Waals surface area contributed by atoms with Gasteiger partial charge in [-0.2, -0.15) is 4.98 Å². The molecule has 0 aliphatic heterocycles. The summed E-state index contributed by atoms with van der Waals surface area (Å²) in [5, 5.41) is 0.226. The van der Waals surface area contributed by atoms with Gasteiger partial charge >= 0.3 is 0 Å². The third-order valence-corrected chi connectivity index (χ3v) is 2.77. The topological polar surface area (TPSA) is 42.2 Å². The number of aromatic nitrogens is 2. The van der Waals surface area contributed by atoms with Crippen molar-refractivity contribution in [3.05, 3.63) is 40.1 Å². The van der Waals surface area contributed by atoms with Crippen molar-refractivity contribution >= 4 is 33.3 Å². The standard InChI is InChI=1S/C10H9BrClN3O/c1-15(6-7-3-2-4-16-7)9-8(11)5-13-10(12)14-9/h2-5H,6H2,1H3. The monoisotopic (exact) mass is 301 g/mol. The first-order valence-electron chi connectivity index (χ1n) is 4.58. The minimum atomic E-state index is 0.226. The van der Waals surface area contributed by atoms with Gasteiger partial charge in [-0.15, -0.1) is 0 Å². The fourth-order valence-electron chi connectivity index (χ4n) is 1.32. The van der Waals surface area contributed by atoms with Gasteiger partial charge in [0.15, 0.2) is 0 Å². The van der Waals surface area contributed by atoms with Crippen LogP contribution in [0.2, 0.25) is 5.28 Å². The van der Waals surface area contributed by atoms with Crippen LogP contribution in [0.1, 0.15) is 5.76 Å². The molecule has 2 aromatic rings. The Labute approximate surface area is 106 Å². The van der Waals surface area contributed by atoms with Gasteiger partial charge in [0.25, 0.3) is 0 Å². The molecular weight excluding hydrogens is 293 g/mol. The van der Waals surface area contributed by atoms with E-state index in [0.29, 0.717) is 6.54 Å². The summed E-state index contributed by atoms with van der Waals surface area (Å²) in [7, 11) is 1.91. The van der Waals surface area contributed by atoms with E-state index in [1.807, 2.05) is 24.1 Å². The van der Waals surface area contributed by atoms with Gasteiger partial charge in [0.1, 0.15) is 11.6 Å². The van der Waals surface area contributed by atoms with Crippen LogP contribution in [0.15, 0.2) is 33.5 Å². The normalized spacial score (nSPS) is 10.4. The number of furan rings is 1. The zero-order chi connectivity index (χ0) is 11.5. The van der Waals surface area contributed by atoms with E-state index in [1.165, 1.54) is 0 Å². The highest BCUT2D eigenvalue weighted by atomic mass is 79.9. The van der Waals surface area contributed by atoms with Crippen LogP contribution < -0.4 is 4.90 Å². The first kappa shape index (κ1) is 11.4. The molecule has 0 unspecified atom stereocenters. The minimum Gasteiger partial charge on any atom is -0.467 e. The van der Waals surface area contributed by atoms with Crippen LogP contribution in [0.25, 0.3) is 0 Å². The van der Waals surface area contributed by atoms with Gasteiger partial charge in [0.05, 0.1) is 17.3 Å². The van der Waals surface area contributed by atoms with Crippen molar-refractivity contribution in [2.24, 2.45) is 0 Å². The minimum absolute atomic E-state index is 0.226. The van der Waals surface area contributed by atoms with Crippen molar-refractivity contribution in [1.82, 2.24) is 9.97 Å². The molecule has 2 aromatic heterocycles. The smallest absolute Gasteiger partial charge is 0.224 e. The Balaban J connectivity index is 2.20. The zero-order valence-electron chi connectivity index (χ0n) is 8.52. The Morgan fingerprint density at radius 2 is 2.38 bits per heavy atom. The quantitative estimate of drug-likeness (QED) is 0.817. The molecule has 0 amide bonds. The van der Waals surface area contributed by atoms with Gasteiger partial charge in [-0.05, 0) is 39.7 Å². The molecule has 4 nitrogen and oxygen atoms in total. The molecule has 0 aromatic carbocycles. The summed E-state index contributed by atoms with van der Waals surface area (Å²) in [5.41, 5.74) is 0. The fraction of sp³-hybridized carbons (Fsp3) is 0.200. The third-order valence-electron chi connectivity index (χ3n) is 2.03. The van der Waals surface area contributed by atoms with Gasteiger partial charge in [0.2, 0.25) is 5.28 Å². The van der Waals surface area contributed by atoms with Gasteiger partial charge in [-0.1, -0.05) is 0 Å². The van der Waals surface area contributed by atoms with E-state index in [9.17, 15) is 0 Å². The summed E-state index contributed by atoms with van der Waals surface area (Å²) in [6.07, 6.45) is 3.27. The number of hydrogen-bond donors (Lipinski definition) is 0. The predicted molar refractivity (Wildman–Crippen MR) is 65.6 cm³/mol. The van der Waals surface area contributed by atoms with E-state index in [2.05, 4.69) is 25.9 Å². The van der Waals surface area contributed by atoms with Gasteiger partial charge in [0, 0.05) is 13.2 Å². The van der Waals surface area contributed by atoms with Crippen molar-refractivity contribution in [2.45, 2.75) is 6.54 Å². The first-order valence-corrected chi connectivity index (χ1v) is 5.75. The number of halogens is 2. The fourth-order valence-corrected chi connectivity index (χ4v) is 1.94. The van der Waals surface area contributed by atoms with Crippen molar-refractivity contribution in [1.29, 1.82) is 0 Å². The molecule has 0 aliphatic carbocycles. The van der Waals surface area contributed by atoms with E-state index in [1.54, 1.807) is 12.5 Å². The molecule has 0 atom stereocenters. The summed E-state index contributed by atoms with van der Waals surface area (Å²) in [6.45, 7) is 0.624. The Bertz CT molecular complexity index is 475. The third kappa shape index (κ3) is 2.54. The lowest BCUT2D eigenvalue weighted by atomic mass is 10.4. The van der Waals surface area contributed by atoms with Crippen LogP contribution >= 0.6 is 27.5 Å². The van der Waals surface area contributed by atoms with Crippen molar-refractivity contribution < 1.29 is 4.42 Å². The Morgan fingerprint density at radius 3 is 3.06 bits per heavy atom. The van der Waals surface area contributed by atoms with E-state index >= 15 is 0 Å².